The third kappa shape index (κ3) is 4.63. The monoisotopic (exact) mass is 462 g/mol. The lowest BCUT2D eigenvalue weighted by Crippen LogP contribution is -2.30. The van der Waals surface area contributed by atoms with E-state index in [0.717, 1.165) is 22.0 Å². The van der Waals surface area contributed by atoms with E-state index in [0.29, 0.717) is 42.3 Å². The first-order chi connectivity index (χ1) is 16.4. The maximum absolute atomic E-state index is 13.8. The van der Waals surface area contributed by atoms with Gasteiger partial charge in [0.15, 0.2) is 0 Å². The highest BCUT2D eigenvalue weighted by Crippen LogP contribution is 2.32. The molecule has 0 saturated heterocycles. The van der Waals surface area contributed by atoms with Crippen LogP contribution in [-0.4, -0.2) is 44.2 Å². The smallest absolute Gasteiger partial charge is 0.254 e. The average Bonchev–Trinajstić information content (AvgIpc) is 3.32. The molecule has 1 amide bonds. The number of ether oxygens (including phenoxy) is 1. The summed E-state index contributed by atoms with van der Waals surface area (Å²) in [5, 5.41) is 17.8. The van der Waals surface area contributed by atoms with Crippen molar-refractivity contribution in [3.05, 3.63) is 77.5 Å². The molecular formula is C26H27FN4O3. The molecule has 4 rings (SSSR count). The van der Waals surface area contributed by atoms with E-state index in [4.69, 9.17) is 4.74 Å². The number of hydrogen-bond acceptors (Lipinski definition) is 5. The molecule has 34 heavy (non-hydrogen) atoms. The summed E-state index contributed by atoms with van der Waals surface area (Å²) in [5.74, 6) is 0.0213. The number of rotatable bonds is 8. The fraction of sp³-hybridized carbons (Fsp3) is 0.269. The molecule has 2 N–H and O–H groups in total. The standard InChI is InChI=1S/C26H27FN4O3/c1-4-31(15-19-13-28-24(16(3)32)22-14-29-30-25(19)22)26(33)18-9-10-21(23(12-18)34-5-2)17-7-6-8-20(27)11-17/h6-14,16,32H,4-5,15H2,1-3H3,(H,29,30). The molecule has 0 spiro atoms. The lowest BCUT2D eigenvalue weighted by molar-refractivity contribution is 0.0752. The highest BCUT2D eigenvalue weighted by Gasteiger charge is 2.20. The predicted octanol–water partition coefficient (Wildman–Crippen LogP) is 4.88. The molecule has 1 unspecified atom stereocenters. The van der Waals surface area contributed by atoms with Crippen LogP contribution in [0.15, 0.2) is 54.9 Å². The molecule has 0 fully saturated rings. The predicted molar refractivity (Wildman–Crippen MR) is 128 cm³/mol. The summed E-state index contributed by atoms with van der Waals surface area (Å²) in [6, 6.07) is 11.5. The molecule has 2 aromatic heterocycles. The number of pyridine rings is 1. The largest absolute Gasteiger partial charge is 0.493 e. The van der Waals surface area contributed by atoms with E-state index in [-0.39, 0.29) is 11.7 Å². The van der Waals surface area contributed by atoms with Crippen LogP contribution in [0, 0.1) is 5.82 Å². The number of aromatic amines is 1. The van der Waals surface area contributed by atoms with Crippen molar-refractivity contribution >= 4 is 16.8 Å². The number of carbonyl (C=O) groups is 1. The van der Waals surface area contributed by atoms with Gasteiger partial charge in [-0.05, 0) is 56.7 Å². The Morgan fingerprint density at radius 1 is 1.21 bits per heavy atom. The number of benzene rings is 2. The molecule has 2 aromatic carbocycles. The Bertz CT molecular complexity index is 1320. The molecule has 0 bridgehead atoms. The van der Waals surface area contributed by atoms with Crippen LogP contribution in [0.5, 0.6) is 5.75 Å². The molecular weight excluding hydrogens is 435 g/mol. The summed E-state index contributed by atoms with van der Waals surface area (Å²) < 4.78 is 19.6. The van der Waals surface area contributed by atoms with Crippen molar-refractivity contribution in [2.75, 3.05) is 13.2 Å². The van der Waals surface area contributed by atoms with E-state index >= 15 is 0 Å². The fourth-order valence-corrected chi connectivity index (χ4v) is 4.00. The molecule has 1 atom stereocenters. The number of aliphatic hydroxyl groups excluding tert-OH is 1. The highest BCUT2D eigenvalue weighted by molar-refractivity contribution is 5.96. The fourth-order valence-electron chi connectivity index (χ4n) is 4.00. The van der Waals surface area contributed by atoms with Gasteiger partial charge in [-0.25, -0.2) is 4.39 Å². The molecule has 4 aromatic rings. The van der Waals surface area contributed by atoms with E-state index in [1.807, 2.05) is 13.8 Å². The number of hydrogen-bond donors (Lipinski definition) is 2. The van der Waals surface area contributed by atoms with Crippen molar-refractivity contribution < 1.29 is 19.0 Å². The van der Waals surface area contributed by atoms with Crippen LogP contribution in [0.2, 0.25) is 0 Å². The van der Waals surface area contributed by atoms with Gasteiger partial charge in [0.25, 0.3) is 5.91 Å². The SMILES string of the molecule is CCOc1cc(C(=O)N(CC)Cc2cnc(C(C)O)c3cn[nH]c23)ccc1-c1cccc(F)c1. The number of nitrogens with one attached hydrogen (secondary N) is 1. The van der Waals surface area contributed by atoms with Gasteiger partial charge in [-0.3, -0.25) is 14.9 Å². The number of fused-ring (bicyclic) bond motifs is 1. The van der Waals surface area contributed by atoms with E-state index < -0.39 is 6.10 Å². The molecule has 2 heterocycles. The van der Waals surface area contributed by atoms with Gasteiger partial charge in [0.2, 0.25) is 0 Å². The number of nitrogens with zero attached hydrogens (tertiary/aromatic N) is 3. The van der Waals surface area contributed by atoms with Gasteiger partial charge in [-0.2, -0.15) is 5.10 Å². The minimum atomic E-state index is -0.730. The maximum Gasteiger partial charge on any atom is 0.254 e. The van der Waals surface area contributed by atoms with Crippen LogP contribution in [-0.2, 0) is 6.54 Å². The van der Waals surface area contributed by atoms with Crippen molar-refractivity contribution in [2.45, 2.75) is 33.4 Å². The van der Waals surface area contributed by atoms with Crippen LogP contribution >= 0.6 is 0 Å². The normalized spacial score (nSPS) is 12.0. The third-order valence-electron chi connectivity index (χ3n) is 5.69. The Hall–Kier alpha value is -3.78. The van der Waals surface area contributed by atoms with Gasteiger partial charge in [-0.15, -0.1) is 0 Å². The van der Waals surface area contributed by atoms with Crippen molar-refractivity contribution in [3.8, 4) is 16.9 Å². The summed E-state index contributed by atoms with van der Waals surface area (Å²) >= 11 is 0. The zero-order chi connectivity index (χ0) is 24.2. The first kappa shape index (κ1) is 23.4. The maximum atomic E-state index is 13.8. The Labute approximate surface area is 197 Å². The first-order valence-corrected chi connectivity index (χ1v) is 11.2. The van der Waals surface area contributed by atoms with Crippen LogP contribution in [0.3, 0.4) is 0 Å². The third-order valence-corrected chi connectivity index (χ3v) is 5.69. The zero-order valence-corrected chi connectivity index (χ0v) is 19.4. The Kier molecular flexibility index (Phi) is 6.88. The minimum Gasteiger partial charge on any atom is -0.493 e. The van der Waals surface area contributed by atoms with Crippen molar-refractivity contribution in [1.82, 2.24) is 20.1 Å². The molecule has 0 aliphatic carbocycles. The number of amides is 1. The molecule has 0 saturated carbocycles. The number of aliphatic hydroxyl groups is 1. The molecule has 0 aliphatic rings. The lowest BCUT2D eigenvalue weighted by Gasteiger charge is -2.22. The Morgan fingerprint density at radius 2 is 2.03 bits per heavy atom. The molecule has 8 heteroatoms. The second kappa shape index (κ2) is 10.0. The molecule has 0 aliphatic heterocycles. The minimum absolute atomic E-state index is 0.165. The summed E-state index contributed by atoms with van der Waals surface area (Å²) in [6.45, 7) is 6.63. The van der Waals surface area contributed by atoms with E-state index in [1.165, 1.54) is 12.1 Å². The van der Waals surface area contributed by atoms with Crippen LogP contribution < -0.4 is 4.74 Å². The number of halogens is 1. The summed E-state index contributed by atoms with van der Waals surface area (Å²) in [6.07, 6.45) is 2.56. The summed E-state index contributed by atoms with van der Waals surface area (Å²) in [7, 11) is 0. The van der Waals surface area contributed by atoms with E-state index in [1.54, 1.807) is 54.5 Å². The number of carbonyl (C=O) groups excluding carboxylic acids is 1. The molecule has 0 radical (unpaired) electrons. The Morgan fingerprint density at radius 3 is 2.74 bits per heavy atom. The van der Waals surface area contributed by atoms with Gasteiger partial charge in [0, 0.05) is 41.4 Å². The topological polar surface area (TPSA) is 91.3 Å². The second-order valence-electron chi connectivity index (χ2n) is 7.98. The molecule has 7 nitrogen and oxygen atoms in total. The van der Waals surface area contributed by atoms with Gasteiger partial charge >= 0.3 is 0 Å². The van der Waals surface area contributed by atoms with E-state index in [9.17, 15) is 14.3 Å². The lowest BCUT2D eigenvalue weighted by atomic mass is 10.0. The van der Waals surface area contributed by atoms with Crippen molar-refractivity contribution in [1.29, 1.82) is 0 Å². The van der Waals surface area contributed by atoms with E-state index in [2.05, 4.69) is 15.2 Å². The summed E-state index contributed by atoms with van der Waals surface area (Å²) in [5.41, 5.74) is 3.96. The number of aromatic nitrogens is 3. The zero-order valence-electron chi connectivity index (χ0n) is 19.4. The highest BCUT2D eigenvalue weighted by atomic mass is 19.1. The van der Waals surface area contributed by atoms with Crippen LogP contribution in [0.4, 0.5) is 4.39 Å². The first-order valence-electron chi connectivity index (χ1n) is 11.2. The van der Waals surface area contributed by atoms with Crippen molar-refractivity contribution in [3.63, 3.8) is 0 Å². The van der Waals surface area contributed by atoms with Crippen molar-refractivity contribution in [2.24, 2.45) is 0 Å². The summed E-state index contributed by atoms with van der Waals surface area (Å²) in [4.78, 5) is 19.5. The van der Waals surface area contributed by atoms with Crippen LogP contribution in [0.1, 0.15) is 48.5 Å². The number of H-pyrrole nitrogens is 1. The second-order valence-corrected chi connectivity index (χ2v) is 7.98. The van der Waals surface area contributed by atoms with Gasteiger partial charge in [0.05, 0.1) is 30.1 Å². The molecule has 176 valence electrons. The quantitative estimate of drug-likeness (QED) is 0.390. The average molecular weight is 463 g/mol. The van der Waals surface area contributed by atoms with Gasteiger partial charge in [0.1, 0.15) is 11.6 Å². The van der Waals surface area contributed by atoms with Crippen LogP contribution in [0.25, 0.3) is 22.0 Å². The van der Waals surface area contributed by atoms with Gasteiger partial charge in [-0.1, -0.05) is 12.1 Å². The Balaban J connectivity index is 1.65. The van der Waals surface area contributed by atoms with Gasteiger partial charge < -0.3 is 14.7 Å².